The van der Waals surface area contributed by atoms with Gasteiger partial charge in [-0.2, -0.15) is 0 Å². The van der Waals surface area contributed by atoms with E-state index in [9.17, 15) is 9.90 Å². The zero-order valence-electron chi connectivity index (χ0n) is 14.2. The molecule has 1 saturated heterocycles. The number of carbonyl (C=O) groups is 1. The average Bonchev–Trinajstić information content (AvgIpc) is 3.01. The summed E-state index contributed by atoms with van der Waals surface area (Å²) in [6.07, 6.45) is 6.05. The Kier molecular flexibility index (Phi) is 6.92. The van der Waals surface area contributed by atoms with Gasteiger partial charge in [0.05, 0.1) is 6.54 Å². The molecule has 1 amide bonds. The Morgan fingerprint density at radius 2 is 2.09 bits per heavy atom. The number of aryl methyl sites for hydroxylation is 1. The molecule has 1 fully saturated rings. The molecule has 0 radical (unpaired) electrons. The summed E-state index contributed by atoms with van der Waals surface area (Å²) in [4.78, 5) is 14.3. The number of rotatable bonds is 8. The molecule has 2 rings (SSSR count). The van der Waals surface area contributed by atoms with Gasteiger partial charge >= 0.3 is 0 Å². The Balaban J connectivity index is 1.76. The van der Waals surface area contributed by atoms with Gasteiger partial charge in [-0.25, -0.2) is 0 Å². The molecule has 2 heterocycles. The van der Waals surface area contributed by atoms with Crippen molar-refractivity contribution < 1.29 is 9.90 Å². The lowest BCUT2D eigenvalue weighted by Crippen LogP contribution is -2.44. The second kappa shape index (κ2) is 8.70. The van der Waals surface area contributed by atoms with Crippen molar-refractivity contribution in [3.8, 4) is 0 Å². The Morgan fingerprint density at radius 3 is 2.70 bits per heavy atom. The quantitative estimate of drug-likeness (QED) is 0.759. The van der Waals surface area contributed by atoms with E-state index in [1.807, 2.05) is 0 Å². The van der Waals surface area contributed by atoms with Crippen LogP contribution < -0.4 is 5.32 Å². The minimum Gasteiger partial charge on any atom is -0.396 e. The molecule has 0 aliphatic carbocycles. The van der Waals surface area contributed by atoms with Crippen molar-refractivity contribution in [3.63, 3.8) is 0 Å². The highest BCUT2D eigenvalue weighted by molar-refractivity contribution is 7.15. The lowest BCUT2D eigenvalue weighted by atomic mass is 9.77. The predicted molar refractivity (Wildman–Crippen MR) is 92.6 cm³/mol. The molecule has 0 unspecified atom stereocenters. The fourth-order valence-corrected chi connectivity index (χ4v) is 3.70. The number of aliphatic hydroxyl groups is 1. The number of aromatic nitrogens is 2. The molecule has 1 aliphatic heterocycles. The van der Waals surface area contributed by atoms with E-state index in [4.69, 9.17) is 0 Å². The number of aliphatic hydroxyl groups excluding tert-OH is 1. The number of carbonyl (C=O) groups excluding carboxylic acids is 1. The lowest BCUT2D eigenvalue weighted by molar-refractivity contribution is -0.118. The molecule has 0 saturated carbocycles. The Morgan fingerprint density at radius 1 is 1.35 bits per heavy atom. The number of amides is 1. The van der Waals surface area contributed by atoms with Gasteiger partial charge in [0.2, 0.25) is 11.0 Å². The Hall–Kier alpha value is -1.05. The SMILES string of the molecule is CCCCc1nnc(NC(=O)CN2CCC(CC)(CO)CC2)s1. The first-order chi connectivity index (χ1) is 11.1. The van der Waals surface area contributed by atoms with Gasteiger partial charge in [0.15, 0.2) is 0 Å². The maximum atomic E-state index is 12.1. The summed E-state index contributed by atoms with van der Waals surface area (Å²) >= 11 is 1.46. The van der Waals surface area contributed by atoms with E-state index < -0.39 is 0 Å². The van der Waals surface area contributed by atoms with Gasteiger partial charge in [0, 0.05) is 13.0 Å². The van der Waals surface area contributed by atoms with E-state index in [0.717, 1.165) is 56.6 Å². The Labute approximate surface area is 142 Å². The standard InChI is InChI=1S/C16H28N4O2S/c1-3-5-6-14-18-19-15(23-14)17-13(22)11-20-9-7-16(4-2,12-21)8-10-20/h21H,3-12H2,1-2H3,(H,17,19,22). The summed E-state index contributed by atoms with van der Waals surface area (Å²) in [6.45, 7) is 6.62. The number of nitrogens with one attached hydrogen (secondary N) is 1. The predicted octanol–water partition coefficient (Wildman–Crippen LogP) is 2.30. The maximum absolute atomic E-state index is 12.1. The molecule has 0 aromatic carbocycles. The molecule has 6 nitrogen and oxygen atoms in total. The van der Waals surface area contributed by atoms with Crippen LogP contribution in [0.15, 0.2) is 0 Å². The molecule has 1 aliphatic rings. The average molecular weight is 340 g/mol. The van der Waals surface area contributed by atoms with Gasteiger partial charge in [-0.05, 0) is 44.2 Å². The van der Waals surface area contributed by atoms with Gasteiger partial charge in [0.1, 0.15) is 5.01 Å². The van der Waals surface area contributed by atoms with E-state index in [-0.39, 0.29) is 17.9 Å². The largest absolute Gasteiger partial charge is 0.396 e. The number of piperidine rings is 1. The van der Waals surface area contributed by atoms with Crippen LogP contribution in [0.1, 0.15) is 51.0 Å². The molecule has 7 heteroatoms. The number of hydrogen-bond donors (Lipinski definition) is 2. The minimum atomic E-state index is -0.0313. The van der Waals surface area contributed by atoms with Crippen molar-refractivity contribution >= 4 is 22.4 Å². The first kappa shape index (κ1) is 18.3. The monoisotopic (exact) mass is 340 g/mol. The highest BCUT2D eigenvalue weighted by Crippen LogP contribution is 2.34. The van der Waals surface area contributed by atoms with Crippen molar-refractivity contribution in [2.75, 3.05) is 31.6 Å². The fraction of sp³-hybridized carbons (Fsp3) is 0.812. The summed E-state index contributed by atoms with van der Waals surface area (Å²) in [5.41, 5.74) is 0.0559. The van der Waals surface area contributed by atoms with E-state index >= 15 is 0 Å². The summed E-state index contributed by atoms with van der Waals surface area (Å²) in [6, 6.07) is 0. The molecule has 1 aromatic rings. The fourth-order valence-electron chi connectivity index (χ4n) is 2.90. The van der Waals surface area contributed by atoms with Crippen LogP contribution in [-0.4, -0.2) is 52.4 Å². The Bertz CT molecular complexity index is 492. The molecule has 0 atom stereocenters. The molecular weight excluding hydrogens is 312 g/mol. The first-order valence-corrected chi connectivity index (χ1v) is 9.38. The van der Waals surface area contributed by atoms with Crippen molar-refractivity contribution in [1.29, 1.82) is 0 Å². The zero-order valence-corrected chi connectivity index (χ0v) is 15.0. The summed E-state index contributed by atoms with van der Waals surface area (Å²) in [5, 5.41) is 22.1. The first-order valence-electron chi connectivity index (χ1n) is 8.56. The van der Waals surface area contributed by atoms with Crippen LogP contribution in [0, 0.1) is 5.41 Å². The van der Waals surface area contributed by atoms with Gasteiger partial charge < -0.3 is 5.11 Å². The van der Waals surface area contributed by atoms with Crippen LogP contribution in [0.5, 0.6) is 0 Å². The van der Waals surface area contributed by atoms with E-state index in [0.29, 0.717) is 11.7 Å². The summed E-state index contributed by atoms with van der Waals surface area (Å²) < 4.78 is 0. The van der Waals surface area contributed by atoms with Crippen molar-refractivity contribution in [1.82, 2.24) is 15.1 Å². The highest BCUT2D eigenvalue weighted by atomic mass is 32.1. The van der Waals surface area contributed by atoms with Crippen molar-refractivity contribution in [2.45, 2.75) is 52.4 Å². The van der Waals surface area contributed by atoms with Crippen LogP contribution in [0.3, 0.4) is 0 Å². The van der Waals surface area contributed by atoms with Crippen LogP contribution in [-0.2, 0) is 11.2 Å². The molecule has 2 N–H and O–H groups in total. The minimum absolute atomic E-state index is 0.0313. The molecular formula is C16H28N4O2S. The summed E-state index contributed by atoms with van der Waals surface area (Å²) in [7, 11) is 0. The molecule has 130 valence electrons. The van der Waals surface area contributed by atoms with Gasteiger partial charge in [-0.15, -0.1) is 10.2 Å². The van der Waals surface area contributed by atoms with E-state index in [1.54, 1.807) is 0 Å². The third-order valence-corrected chi connectivity index (χ3v) is 5.73. The maximum Gasteiger partial charge on any atom is 0.240 e. The molecule has 0 spiro atoms. The van der Waals surface area contributed by atoms with Crippen LogP contribution in [0.25, 0.3) is 0 Å². The lowest BCUT2D eigenvalue weighted by Gasteiger charge is -2.39. The van der Waals surface area contributed by atoms with E-state index in [2.05, 4.69) is 34.3 Å². The van der Waals surface area contributed by atoms with Crippen molar-refractivity contribution in [2.24, 2.45) is 5.41 Å². The number of anilines is 1. The number of nitrogens with zero attached hydrogens (tertiary/aromatic N) is 3. The molecule has 1 aromatic heterocycles. The van der Waals surface area contributed by atoms with Crippen LogP contribution in [0.2, 0.25) is 0 Å². The van der Waals surface area contributed by atoms with Gasteiger partial charge in [-0.3, -0.25) is 15.0 Å². The number of hydrogen-bond acceptors (Lipinski definition) is 6. The van der Waals surface area contributed by atoms with Crippen LogP contribution >= 0.6 is 11.3 Å². The third kappa shape index (κ3) is 5.22. The smallest absolute Gasteiger partial charge is 0.240 e. The molecule has 0 bridgehead atoms. The topological polar surface area (TPSA) is 78.4 Å². The van der Waals surface area contributed by atoms with Crippen LogP contribution in [0.4, 0.5) is 5.13 Å². The number of unbranched alkanes of at least 4 members (excludes halogenated alkanes) is 1. The normalized spacial score (nSPS) is 18.0. The van der Waals surface area contributed by atoms with E-state index in [1.165, 1.54) is 11.3 Å². The summed E-state index contributed by atoms with van der Waals surface area (Å²) in [5.74, 6) is -0.0313. The number of likely N-dealkylation sites (tertiary alicyclic amines) is 1. The highest BCUT2D eigenvalue weighted by Gasteiger charge is 2.32. The van der Waals surface area contributed by atoms with Gasteiger partial charge in [-0.1, -0.05) is 31.6 Å². The zero-order chi connectivity index (χ0) is 16.7. The van der Waals surface area contributed by atoms with Gasteiger partial charge in [0.25, 0.3) is 0 Å². The third-order valence-electron chi connectivity index (χ3n) is 4.83. The molecule has 23 heavy (non-hydrogen) atoms. The van der Waals surface area contributed by atoms with Crippen molar-refractivity contribution in [3.05, 3.63) is 5.01 Å². The second-order valence-corrected chi connectivity index (χ2v) is 7.50. The second-order valence-electron chi connectivity index (χ2n) is 6.44.